The van der Waals surface area contributed by atoms with Gasteiger partial charge in [0, 0.05) is 11.1 Å². The molecule has 0 heterocycles. The summed E-state index contributed by atoms with van der Waals surface area (Å²) in [7, 11) is 0. The molecular formula is C22H16F2. The van der Waals surface area contributed by atoms with Gasteiger partial charge in [0.15, 0.2) is 0 Å². The number of halogens is 2. The van der Waals surface area contributed by atoms with E-state index in [1.165, 1.54) is 12.2 Å². The Morgan fingerprint density at radius 1 is 0.500 bits per heavy atom. The molecule has 0 nitrogen and oxygen atoms in total. The molecule has 0 radical (unpaired) electrons. The van der Waals surface area contributed by atoms with Crippen LogP contribution in [0.15, 0.2) is 84.9 Å². The van der Waals surface area contributed by atoms with E-state index in [0.29, 0.717) is 11.1 Å². The van der Waals surface area contributed by atoms with Crippen LogP contribution in [0.3, 0.4) is 0 Å². The average Bonchev–Trinajstić information content (AvgIpc) is 2.65. The molecule has 0 unspecified atom stereocenters. The Balaban J connectivity index is 1.79. The van der Waals surface area contributed by atoms with Gasteiger partial charge in [-0.25, -0.2) is 8.78 Å². The molecule has 0 bridgehead atoms. The maximum Gasteiger partial charge on any atom is 0.131 e. The lowest BCUT2D eigenvalue weighted by Crippen LogP contribution is -1.80. The second-order valence-electron chi connectivity index (χ2n) is 5.38. The van der Waals surface area contributed by atoms with E-state index in [-0.39, 0.29) is 11.7 Å². The number of hydrogen-bond donors (Lipinski definition) is 0. The van der Waals surface area contributed by atoms with E-state index in [9.17, 15) is 8.78 Å². The molecule has 0 aliphatic carbocycles. The first-order chi connectivity index (χ1) is 11.7. The van der Waals surface area contributed by atoms with Crippen LogP contribution in [0.1, 0.15) is 22.3 Å². The summed E-state index contributed by atoms with van der Waals surface area (Å²) in [5.41, 5.74) is 2.54. The zero-order valence-electron chi connectivity index (χ0n) is 13.0. The zero-order chi connectivity index (χ0) is 16.8. The summed E-state index contributed by atoms with van der Waals surface area (Å²) in [6.45, 7) is 0. The fourth-order valence-electron chi connectivity index (χ4n) is 2.34. The van der Waals surface area contributed by atoms with Crippen molar-refractivity contribution >= 4 is 23.8 Å². The predicted molar refractivity (Wildman–Crippen MR) is 97.3 cm³/mol. The highest BCUT2D eigenvalue weighted by Crippen LogP contribution is 2.22. The Kier molecular flexibility index (Phi) is 4.97. The third kappa shape index (κ3) is 4.05. The maximum atomic E-state index is 14.1. The molecule has 0 fully saturated rings. The van der Waals surface area contributed by atoms with E-state index in [1.807, 2.05) is 12.1 Å². The van der Waals surface area contributed by atoms with Crippen molar-refractivity contribution in [1.82, 2.24) is 0 Å². The van der Waals surface area contributed by atoms with E-state index in [1.54, 1.807) is 72.8 Å². The molecule has 0 saturated carbocycles. The third-order valence-corrected chi connectivity index (χ3v) is 3.62. The van der Waals surface area contributed by atoms with Crippen molar-refractivity contribution in [2.24, 2.45) is 0 Å². The highest BCUT2D eigenvalue weighted by molar-refractivity contribution is 5.79. The molecule has 0 N–H and O–H groups in total. The molecule has 2 heteroatoms. The summed E-state index contributed by atoms with van der Waals surface area (Å²) in [5.74, 6) is -0.594. The normalized spacial score (nSPS) is 12.2. The van der Waals surface area contributed by atoms with E-state index in [0.717, 1.165) is 11.1 Å². The van der Waals surface area contributed by atoms with E-state index >= 15 is 0 Å². The van der Waals surface area contributed by atoms with Crippen molar-refractivity contribution in [2.75, 3.05) is 0 Å². The van der Waals surface area contributed by atoms with E-state index in [4.69, 9.17) is 0 Å². The molecule has 3 aromatic rings. The van der Waals surface area contributed by atoms with Crippen molar-refractivity contribution in [3.63, 3.8) is 0 Å². The van der Waals surface area contributed by atoms with Crippen LogP contribution >= 0.6 is 0 Å². The molecule has 0 aliphatic rings. The minimum absolute atomic E-state index is 0.297. The minimum Gasteiger partial charge on any atom is -0.206 e. The van der Waals surface area contributed by atoms with Gasteiger partial charge in [-0.1, -0.05) is 84.9 Å². The molecule has 3 aromatic carbocycles. The van der Waals surface area contributed by atoms with Gasteiger partial charge in [0.2, 0.25) is 0 Å². The van der Waals surface area contributed by atoms with Crippen LogP contribution < -0.4 is 0 Å². The van der Waals surface area contributed by atoms with Crippen LogP contribution in [-0.4, -0.2) is 0 Å². The molecule has 0 atom stereocenters. The van der Waals surface area contributed by atoms with Crippen LogP contribution in [0.2, 0.25) is 0 Å². The summed E-state index contributed by atoms with van der Waals surface area (Å²) in [4.78, 5) is 0. The van der Waals surface area contributed by atoms with Gasteiger partial charge in [0.1, 0.15) is 11.7 Å². The van der Waals surface area contributed by atoms with Gasteiger partial charge in [-0.05, 0) is 23.3 Å². The van der Waals surface area contributed by atoms with E-state index < -0.39 is 0 Å². The van der Waals surface area contributed by atoms with Crippen LogP contribution in [0.4, 0.5) is 8.78 Å². The second kappa shape index (κ2) is 7.51. The first kappa shape index (κ1) is 15.9. The molecule has 0 aromatic heterocycles. The average molecular weight is 318 g/mol. The fourth-order valence-corrected chi connectivity index (χ4v) is 2.34. The summed E-state index contributed by atoms with van der Waals surface area (Å²) >= 11 is 0. The van der Waals surface area contributed by atoms with Gasteiger partial charge in [-0.15, -0.1) is 0 Å². The van der Waals surface area contributed by atoms with Gasteiger partial charge >= 0.3 is 0 Å². The smallest absolute Gasteiger partial charge is 0.131 e. The summed E-state index contributed by atoms with van der Waals surface area (Å²) in [6.07, 6.45) is 2.94. The van der Waals surface area contributed by atoms with Crippen molar-refractivity contribution in [1.29, 1.82) is 0 Å². The van der Waals surface area contributed by atoms with Gasteiger partial charge in [-0.3, -0.25) is 0 Å². The van der Waals surface area contributed by atoms with Crippen molar-refractivity contribution < 1.29 is 8.78 Å². The Bertz CT molecular complexity index is 771. The minimum atomic E-state index is -0.297. The van der Waals surface area contributed by atoms with E-state index in [2.05, 4.69) is 0 Å². The number of benzene rings is 3. The molecule has 3 rings (SSSR count). The quantitative estimate of drug-likeness (QED) is 0.474. The van der Waals surface area contributed by atoms with Crippen molar-refractivity contribution in [3.05, 3.63) is 107 Å². The number of rotatable bonds is 4. The lowest BCUT2D eigenvalue weighted by Gasteiger charge is -2.01. The summed E-state index contributed by atoms with van der Waals surface area (Å²) in [5, 5.41) is 0. The zero-order valence-corrected chi connectivity index (χ0v) is 13.0. The van der Waals surface area contributed by atoms with Gasteiger partial charge in [0.05, 0.1) is 0 Å². The Hall–Kier alpha value is -3.00. The van der Waals surface area contributed by atoms with Crippen LogP contribution in [-0.2, 0) is 0 Å². The first-order valence-corrected chi connectivity index (χ1v) is 7.68. The van der Waals surface area contributed by atoms with Crippen molar-refractivity contribution in [3.8, 4) is 0 Å². The lowest BCUT2D eigenvalue weighted by atomic mass is 10.1. The molecule has 0 saturated heterocycles. The summed E-state index contributed by atoms with van der Waals surface area (Å²) < 4.78 is 28.3. The van der Waals surface area contributed by atoms with Crippen LogP contribution in [0, 0.1) is 0 Å². The first-order valence-electron chi connectivity index (χ1n) is 7.68. The lowest BCUT2D eigenvalue weighted by molar-refractivity contribution is 0.764. The monoisotopic (exact) mass is 318 g/mol. The highest BCUT2D eigenvalue weighted by atomic mass is 19.1. The summed E-state index contributed by atoms with van der Waals surface area (Å²) in [6, 6.07) is 24.8. The fraction of sp³-hybridized carbons (Fsp3) is 0. The second-order valence-corrected chi connectivity index (χ2v) is 5.38. The predicted octanol–water partition coefficient (Wildman–Crippen LogP) is 6.62. The topological polar surface area (TPSA) is 0 Å². The maximum absolute atomic E-state index is 14.1. The molecule has 0 aliphatic heterocycles. The van der Waals surface area contributed by atoms with Gasteiger partial charge in [0.25, 0.3) is 0 Å². The number of hydrogen-bond acceptors (Lipinski definition) is 0. The molecule has 24 heavy (non-hydrogen) atoms. The SMILES string of the molecule is F/C(=C\c1ccc(/C=C(\F)c2ccccc2)cc1)c1ccccc1. The highest BCUT2D eigenvalue weighted by Gasteiger charge is 2.01. The molecule has 0 spiro atoms. The molecule has 0 amide bonds. The Morgan fingerprint density at radius 3 is 1.17 bits per heavy atom. The van der Waals surface area contributed by atoms with Crippen LogP contribution in [0.5, 0.6) is 0 Å². The van der Waals surface area contributed by atoms with Crippen molar-refractivity contribution in [2.45, 2.75) is 0 Å². The largest absolute Gasteiger partial charge is 0.206 e. The Morgan fingerprint density at radius 2 is 0.833 bits per heavy atom. The third-order valence-electron chi connectivity index (χ3n) is 3.62. The van der Waals surface area contributed by atoms with Gasteiger partial charge < -0.3 is 0 Å². The van der Waals surface area contributed by atoms with Gasteiger partial charge in [-0.2, -0.15) is 0 Å². The molecular weight excluding hydrogens is 302 g/mol. The molecule has 118 valence electrons. The standard InChI is InChI=1S/C22H16F2/c23-21(19-7-3-1-4-8-19)15-17-11-13-18(14-12-17)16-22(24)20-9-5-2-6-10-20/h1-16H/b21-15-,22-16-. The van der Waals surface area contributed by atoms with Crippen LogP contribution in [0.25, 0.3) is 23.8 Å². The Labute approximate surface area is 140 Å².